The van der Waals surface area contributed by atoms with Crippen molar-refractivity contribution in [3.8, 4) is 5.75 Å². The topological polar surface area (TPSA) is 108 Å². The molecular weight excluding hydrogens is 396 g/mol. The van der Waals surface area contributed by atoms with Gasteiger partial charge in [0.15, 0.2) is 6.61 Å². The van der Waals surface area contributed by atoms with Gasteiger partial charge in [0.1, 0.15) is 10.6 Å². The van der Waals surface area contributed by atoms with E-state index in [0.717, 1.165) is 25.7 Å². The summed E-state index contributed by atoms with van der Waals surface area (Å²) >= 11 is 1.43. The van der Waals surface area contributed by atoms with Crippen LogP contribution in [0, 0.1) is 16.0 Å². The molecule has 1 aromatic heterocycles. The Labute approximate surface area is 172 Å². The van der Waals surface area contributed by atoms with E-state index in [9.17, 15) is 19.7 Å². The van der Waals surface area contributed by atoms with Crippen LogP contribution in [0.15, 0.2) is 24.3 Å². The molecule has 8 nitrogen and oxygen atoms in total. The fourth-order valence-corrected chi connectivity index (χ4v) is 4.44. The largest absolute Gasteiger partial charge is 0.494 e. The number of aryl methyl sites for hydroxylation is 1. The lowest BCUT2D eigenvalue weighted by Gasteiger charge is -2.19. The molecular formula is C20H22N2O6S. The van der Waals surface area contributed by atoms with Crippen molar-refractivity contribution < 1.29 is 24.0 Å². The Balaban J connectivity index is 1.58. The molecule has 2 aromatic rings. The van der Waals surface area contributed by atoms with E-state index >= 15 is 0 Å². The average molecular weight is 418 g/mol. The summed E-state index contributed by atoms with van der Waals surface area (Å²) < 4.78 is 10.2. The summed E-state index contributed by atoms with van der Waals surface area (Å²) in [4.78, 5) is 36.5. The van der Waals surface area contributed by atoms with E-state index in [-0.39, 0.29) is 17.1 Å². The molecule has 1 aromatic carbocycles. The summed E-state index contributed by atoms with van der Waals surface area (Å²) in [6.45, 7) is 1.72. The number of hydrogen-bond donors (Lipinski definition) is 1. The molecule has 0 unspecified atom stereocenters. The van der Waals surface area contributed by atoms with E-state index in [2.05, 4.69) is 12.2 Å². The van der Waals surface area contributed by atoms with Gasteiger partial charge in [0.2, 0.25) is 0 Å². The zero-order valence-corrected chi connectivity index (χ0v) is 17.0. The fourth-order valence-electron chi connectivity index (χ4n) is 3.33. The molecule has 1 N–H and O–H groups in total. The Bertz CT molecular complexity index is 939. The van der Waals surface area contributed by atoms with Gasteiger partial charge in [0, 0.05) is 10.9 Å². The van der Waals surface area contributed by atoms with E-state index in [1.54, 1.807) is 0 Å². The van der Waals surface area contributed by atoms with Gasteiger partial charge in [0.25, 0.3) is 11.6 Å². The number of nitrogens with zero attached hydrogens (tertiary/aromatic N) is 1. The minimum Gasteiger partial charge on any atom is -0.494 e. The van der Waals surface area contributed by atoms with E-state index < -0.39 is 23.4 Å². The monoisotopic (exact) mass is 418 g/mol. The molecule has 0 radical (unpaired) electrons. The number of ether oxygens (including phenoxy) is 2. The molecule has 154 valence electrons. The van der Waals surface area contributed by atoms with E-state index in [4.69, 9.17) is 9.47 Å². The molecule has 1 heterocycles. The van der Waals surface area contributed by atoms with Crippen molar-refractivity contribution in [3.63, 3.8) is 0 Å². The number of nitro benzene ring substituents is 1. The molecule has 0 bridgehead atoms. The van der Waals surface area contributed by atoms with Crippen LogP contribution in [-0.2, 0) is 22.4 Å². The zero-order valence-electron chi connectivity index (χ0n) is 16.2. The standard InChI is InChI=1S/C20H22N2O6S/c1-3-12-4-7-17-13(8-12)9-18(29-17)20(24)28-11-19(23)21-15-6-5-14(22(25)26)10-16(15)27-2/h5-6,9-10,12H,3-4,7-8,11H2,1-2H3,(H,21,23)/t12-/m1/s1. The second-order valence-corrected chi connectivity index (χ2v) is 7.98. The van der Waals surface area contributed by atoms with Gasteiger partial charge in [-0.3, -0.25) is 14.9 Å². The van der Waals surface area contributed by atoms with Crippen LogP contribution >= 0.6 is 11.3 Å². The lowest BCUT2D eigenvalue weighted by atomic mass is 9.87. The Kier molecular flexibility index (Phi) is 6.48. The number of hydrogen-bond acceptors (Lipinski definition) is 7. The third-order valence-corrected chi connectivity index (χ3v) is 6.18. The first-order valence-corrected chi connectivity index (χ1v) is 10.1. The van der Waals surface area contributed by atoms with Crippen LogP contribution in [0.2, 0.25) is 0 Å². The van der Waals surface area contributed by atoms with Gasteiger partial charge in [-0.2, -0.15) is 0 Å². The number of nitro groups is 1. The highest BCUT2D eigenvalue weighted by Gasteiger charge is 2.23. The second-order valence-electron chi connectivity index (χ2n) is 6.84. The number of benzene rings is 1. The van der Waals surface area contributed by atoms with Gasteiger partial charge in [-0.25, -0.2) is 4.79 Å². The number of carbonyl (C=O) groups excluding carboxylic acids is 2. The summed E-state index contributed by atoms with van der Waals surface area (Å²) in [6, 6.07) is 5.71. The first-order valence-electron chi connectivity index (χ1n) is 9.32. The SMILES string of the molecule is CC[C@@H]1CCc2sc(C(=O)OCC(=O)Nc3ccc([N+](=O)[O-])cc3OC)cc2C1. The van der Waals surface area contributed by atoms with Crippen molar-refractivity contribution >= 4 is 34.6 Å². The van der Waals surface area contributed by atoms with Crippen molar-refractivity contribution in [2.24, 2.45) is 5.92 Å². The molecule has 29 heavy (non-hydrogen) atoms. The Morgan fingerprint density at radius 2 is 2.14 bits per heavy atom. The van der Waals surface area contributed by atoms with Gasteiger partial charge in [-0.1, -0.05) is 13.3 Å². The number of non-ortho nitro benzene ring substituents is 1. The third-order valence-electron chi connectivity index (χ3n) is 4.97. The minimum atomic E-state index is -0.558. The van der Waals surface area contributed by atoms with E-state index in [1.165, 1.54) is 47.1 Å². The number of anilines is 1. The van der Waals surface area contributed by atoms with Gasteiger partial charge in [0.05, 0.1) is 23.8 Å². The maximum absolute atomic E-state index is 12.3. The second kappa shape index (κ2) is 9.04. The average Bonchev–Trinajstić information content (AvgIpc) is 3.15. The van der Waals surface area contributed by atoms with Crippen molar-refractivity contribution in [2.45, 2.75) is 32.6 Å². The Morgan fingerprint density at radius 3 is 2.83 bits per heavy atom. The van der Waals surface area contributed by atoms with Gasteiger partial charge >= 0.3 is 5.97 Å². The number of carbonyl (C=O) groups is 2. The molecule has 0 spiro atoms. The molecule has 1 atom stereocenters. The lowest BCUT2D eigenvalue weighted by Crippen LogP contribution is -2.21. The van der Waals surface area contributed by atoms with Crippen molar-refractivity contribution in [2.75, 3.05) is 19.0 Å². The quantitative estimate of drug-likeness (QED) is 0.414. The molecule has 0 fully saturated rings. The minimum absolute atomic E-state index is 0.148. The molecule has 1 aliphatic carbocycles. The Hall–Kier alpha value is -2.94. The highest BCUT2D eigenvalue weighted by molar-refractivity contribution is 7.14. The smallest absolute Gasteiger partial charge is 0.348 e. The molecule has 1 amide bonds. The highest BCUT2D eigenvalue weighted by Crippen LogP contribution is 2.34. The summed E-state index contributed by atoms with van der Waals surface area (Å²) in [5, 5.41) is 13.4. The van der Waals surface area contributed by atoms with Gasteiger partial charge < -0.3 is 14.8 Å². The van der Waals surface area contributed by atoms with Crippen LogP contribution in [-0.4, -0.2) is 30.5 Å². The van der Waals surface area contributed by atoms with Gasteiger partial charge in [-0.05, 0) is 42.9 Å². The number of rotatable bonds is 7. The van der Waals surface area contributed by atoms with Crippen LogP contribution < -0.4 is 10.1 Å². The number of esters is 1. The molecule has 3 rings (SSSR count). The number of amides is 1. The highest BCUT2D eigenvalue weighted by atomic mass is 32.1. The van der Waals surface area contributed by atoms with Crippen LogP contribution in [0.1, 0.15) is 39.9 Å². The molecule has 1 aliphatic rings. The maximum atomic E-state index is 12.3. The molecule has 9 heteroatoms. The van der Waals surface area contributed by atoms with Crippen LogP contribution in [0.4, 0.5) is 11.4 Å². The number of thiophene rings is 1. The van der Waals surface area contributed by atoms with E-state index in [0.29, 0.717) is 10.8 Å². The predicted molar refractivity (Wildman–Crippen MR) is 109 cm³/mol. The van der Waals surface area contributed by atoms with Crippen LogP contribution in [0.3, 0.4) is 0 Å². The Morgan fingerprint density at radius 1 is 1.34 bits per heavy atom. The number of methoxy groups -OCH3 is 1. The zero-order chi connectivity index (χ0) is 21.0. The summed E-state index contributed by atoms with van der Waals surface area (Å²) in [7, 11) is 1.34. The van der Waals surface area contributed by atoms with Crippen molar-refractivity contribution in [1.82, 2.24) is 0 Å². The van der Waals surface area contributed by atoms with Crippen molar-refractivity contribution in [1.29, 1.82) is 0 Å². The summed E-state index contributed by atoms with van der Waals surface area (Å²) in [5.74, 6) is -0.278. The summed E-state index contributed by atoms with van der Waals surface area (Å²) in [5.41, 5.74) is 1.31. The maximum Gasteiger partial charge on any atom is 0.348 e. The number of nitrogens with one attached hydrogen (secondary N) is 1. The van der Waals surface area contributed by atoms with Crippen LogP contribution in [0.5, 0.6) is 5.75 Å². The van der Waals surface area contributed by atoms with Crippen LogP contribution in [0.25, 0.3) is 0 Å². The normalized spacial score (nSPS) is 15.3. The molecule has 0 saturated carbocycles. The lowest BCUT2D eigenvalue weighted by molar-refractivity contribution is -0.384. The molecule has 0 aliphatic heterocycles. The van der Waals surface area contributed by atoms with E-state index in [1.807, 2.05) is 6.07 Å². The predicted octanol–water partition coefficient (Wildman–Crippen LogP) is 3.98. The molecule has 0 saturated heterocycles. The first kappa shape index (κ1) is 20.8. The number of fused-ring (bicyclic) bond motifs is 1. The van der Waals surface area contributed by atoms with Crippen molar-refractivity contribution in [3.05, 3.63) is 49.7 Å². The fraction of sp³-hybridized carbons (Fsp3) is 0.400. The first-order chi connectivity index (χ1) is 13.9. The third kappa shape index (κ3) is 4.92. The van der Waals surface area contributed by atoms with Gasteiger partial charge in [-0.15, -0.1) is 11.3 Å². The summed E-state index contributed by atoms with van der Waals surface area (Å²) in [6.07, 6.45) is 4.22.